The van der Waals surface area contributed by atoms with Gasteiger partial charge in [-0.2, -0.15) is 5.10 Å². The molecule has 2 rings (SSSR count). The van der Waals surface area contributed by atoms with E-state index >= 15 is 0 Å². The number of carbonyl (C=O) groups is 1. The highest BCUT2D eigenvalue weighted by Gasteiger charge is 2.16. The molecule has 0 aliphatic heterocycles. The number of hydrogen-bond acceptors (Lipinski definition) is 3. The quantitative estimate of drug-likeness (QED) is 0.761. The van der Waals surface area contributed by atoms with Gasteiger partial charge in [-0.1, -0.05) is 31.5 Å². The highest BCUT2D eigenvalue weighted by Crippen LogP contribution is 2.15. The molecule has 21 heavy (non-hydrogen) atoms. The van der Waals surface area contributed by atoms with Gasteiger partial charge in [0.05, 0.1) is 11.4 Å². The number of benzene rings is 1. The lowest BCUT2D eigenvalue weighted by molar-refractivity contribution is 0.0950. The Morgan fingerprint density at radius 3 is 2.86 bits per heavy atom. The van der Waals surface area contributed by atoms with E-state index in [1.807, 2.05) is 6.92 Å². The highest BCUT2D eigenvalue weighted by atomic mass is 19.1. The summed E-state index contributed by atoms with van der Waals surface area (Å²) in [4.78, 5) is 12.0. The molecule has 5 nitrogen and oxygen atoms in total. The van der Waals surface area contributed by atoms with E-state index in [9.17, 15) is 9.18 Å². The summed E-state index contributed by atoms with van der Waals surface area (Å²) in [7, 11) is 0. The summed E-state index contributed by atoms with van der Waals surface area (Å²) in [6.07, 6.45) is 2.09. The third-order valence-electron chi connectivity index (χ3n) is 3.24. The van der Waals surface area contributed by atoms with Crippen molar-refractivity contribution in [2.24, 2.45) is 0 Å². The van der Waals surface area contributed by atoms with Gasteiger partial charge in [-0.05, 0) is 24.5 Å². The second-order valence-electron chi connectivity index (χ2n) is 4.81. The fourth-order valence-electron chi connectivity index (χ4n) is 2.10. The zero-order valence-electron chi connectivity index (χ0n) is 11.9. The summed E-state index contributed by atoms with van der Waals surface area (Å²) < 4.78 is 13.4. The van der Waals surface area contributed by atoms with Gasteiger partial charge in [0.1, 0.15) is 5.82 Å². The fourth-order valence-corrected chi connectivity index (χ4v) is 2.10. The van der Waals surface area contributed by atoms with Crippen LogP contribution >= 0.6 is 0 Å². The standard InChI is InChI=1S/C15H19FN4O/c1-2-5-12-13(17)14(20-19-12)15(21)18-9-8-10-6-3-4-7-11(10)16/h3-4,6-7H,2,5,8-9,17H2,1H3,(H,18,21)(H,19,20). The van der Waals surface area contributed by atoms with Crippen molar-refractivity contribution in [3.63, 3.8) is 0 Å². The molecule has 0 aliphatic rings. The molecule has 1 amide bonds. The van der Waals surface area contributed by atoms with Crippen LogP contribution in [0.5, 0.6) is 0 Å². The zero-order valence-corrected chi connectivity index (χ0v) is 11.9. The van der Waals surface area contributed by atoms with Crippen LogP contribution in [0.2, 0.25) is 0 Å². The second kappa shape index (κ2) is 6.88. The molecule has 1 aromatic carbocycles. The third kappa shape index (κ3) is 3.59. The van der Waals surface area contributed by atoms with Crippen LogP contribution in [0.25, 0.3) is 0 Å². The second-order valence-corrected chi connectivity index (χ2v) is 4.81. The Kier molecular flexibility index (Phi) is 4.92. The monoisotopic (exact) mass is 290 g/mol. The van der Waals surface area contributed by atoms with Crippen molar-refractivity contribution in [3.05, 3.63) is 47.0 Å². The largest absolute Gasteiger partial charge is 0.395 e. The van der Waals surface area contributed by atoms with Gasteiger partial charge < -0.3 is 11.1 Å². The van der Waals surface area contributed by atoms with Gasteiger partial charge in [0.15, 0.2) is 5.69 Å². The van der Waals surface area contributed by atoms with Crippen LogP contribution in [-0.4, -0.2) is 22.6 Å². The van der Waals surface area contributed by atoms with Crippen LogP contribution in [0.3, 0.4) is 0 Å². The predicted octanol–water partition coefficient (Wildman–Crippen LogP) is 2.06. The van der Waals surface area contributed by atoms with Crippen molar-refractivity contribution >= 4 is 11.6 Å². The van der Waals surface area contributed by atoms with Crippen molar-refractivity contribution in [1.29, 1.82) is 0 Å². The Hall–Kier alpha value is -2.37. The van der Waals surface area contributed by atoms with Crippen molar-refractivity contribution < 1.29 is 9.18 Å². The van der Waals surface area contributed by atoms with E-state index in [0.717, 1.165) is 18.5 Å². The average Bonchev–Trinajstić information content (AvgIpc) is 2.83. The summed E-state index contributed by atoms with van der Waals surface area (Å²) in [5, 5.41) is 9.42. The normalized spacial score (nSPS) is 10.6. The van der Waals surface area contributed by atoms with Crippen molar-refractivity contribution in [2.45, 2.75) is 26.2 Å². The van der Waals surface area contributed by atoms with Gasteiger partial charge in [0, 0.05) is 6.54 Å². The van der Waals surface area contributed by atoms with Crippen molar-refractivity contribution in [2.75, 3.05) is 12.3 Å². The molecule has 0 unspecified atom stereocenters. The van der Waals surface area contributed by atoms with Crippen LogP contribution in [-0.2, 0) is 12.8 Å². The Labute approximate surface area is 122 Å². The minimum atomic E-state index is -0.345. The number of amides is 1. The topological polar surface area (TPSA) is 83.8 Å². The lowest BCUT2D eigenvalue weighted by Gasteiger charge is -2.05. The van der Waals surface area contributed by atoms with Crippen molar-refractivity contribution in [1.82, 2.24) is 15.5 Å². The Morgan fingerprint density at radius 1 is 1.38 bits per heavy atom. The Morgan fingerprint density at radius 2 is 2.14 bits per heavy atom. The van der Waals surface area contributed by atoms with E-state index in [0.29, 0.717) is 24.2 Å². The fraction of sp³-hybridized carbons (Fsp3) is 0.333. The van der Waals surface area contributed by atoms with Crippen LogP contribution in [0.15, 0.2) is 24.3 Å². The summed E-state index contributed by atoms with van der Waals surface area (Å²) in [5.41, 5.74) is 7.82. The number of aromatic nitrogens is 2. The maximum atomic E-state index is 13.4. The van der Waals surface area contributed by atoms with Gasteiger partial charge in [0.2, 0.25) is 0 Å². The van der Waals surface area contributed by atoms with E-state index in [1.54, 1.807) is 18.2 Å². The minimum absolute atomic E-state index is 0.201. The van der Waals surface area contributed by atoms with Crippen LogP contribution in [0.4, 0.5) is 10.1 Å². The minimum Gasteiger partial charge on any atom is -0.395 e. The number of nitrogen functional groups attached to an aromatic ring is 1. The zero-order chi connectivity index (χ0) is 15.2. The first-order valence-corrected chi connectivity index (χ1v) is 6.97. The number of rotatable bonds is 6. The molecule has 0 bridgehead atoms. The predicted molar refractivity (Wildman–Crippen MR) is 79.4 cm³/mol. The van der Waals surface area contributed by atoms with E-state index in [1.165, 1.54) is 6.07 Å². The molecule has 0 fully saturated rings. The van der Waals surface area contributed by atoms with Crippen LogP contribution < -0.4 is 11.1 Å². The number of aryl methyl sites for hydroxylation is 1. The highest BCUT2D eigenvalue weighted by molar-refractivity contribution is 5.97. The smallest absolute Gasteiger partial charge is 0.273 e. The molecule has 0 aliphatic carbocycles. The lowest BCUT2D eigenvalue weighted by Crippen LogP contribution is -2.27. The van der Waals surface area contributed by atoms with Crippen molar-refractivity contribution in [3.8, 4) is 0 Å². The first-order valence-electron chi connectivity index (χ1n) is 6.97. The molecule has 0 saturated heterocycles. The number of nitrogens with two attached hydrogens (primary N) is 1. The number of H-pyrrole nitrogens is 1. The molecule has 0 atom stereocenters. The molecular weight excluding hydrogens is 271 g/mol. The molecule has 112 valence electrons. The third-order valence-corrected chi connectivity index (χ3v) is 3.24. The summed E-state index contributed by atoms with van der Waals surface area (Å²) in [5.74, 6) is -0.612. The van der Waals surface area contributed by atoms with Crippen LogP contribution in [0.1, 0.15) is 35.1 Å². The molecule has 0 saturated carbocycles. The maximum absolute atomic E-state index is 13.4. The van der Waals surface area contributed by atoms with E-state index in [4.69, 9.17) is 5.73 Å². The number of carbonyl (C=O) groups excluding carboxylic acids is 1. The lowest BCUT2D eigenvalue weighted by atomic mass is 10.1. The molecule has 4 N–H and O–H groups in total. The molecule has 1 aromatic heterocycles. The number of nitrogens with one attached hydrogen (secondary N) is 2. The molecule has 1 heterocycles. The maximum Gasteiger partial charge on any atom is 0.273 e. The molecular formula is C15H19FN4O. The summed E-state index contributed by atoms with van der Waals surface area (Å²) >= 11 is 0. The SMILES string of the molecule is CCCc1[nH]nc(C(=O)NCCc2ccccc2F)c1N. The number of aromatic amines is 1. The van der Waals surface area contributed by atoms with E-state index in [-0.39, 0.29) is 17.4 Å². The summed E-state index contributed by atoms with van der Waals surface area (Å²) in [6.45, 7) is 2.35. The van der Waals surface area contributed by atoms with Gasteiger partial charge in [-0.15, -0.1) is 0 Å². The first-order chi connectivity index (χ1) is 10.1. The Balaban J connectivity index is 1.92. The number of hydrogen-bond donors (Lipinski definition) is 3. The Bertz CT molecular complexity index is 624. The number of nitrogens with zero attached hydrogens (tertiary/aromatic N) is 1. The van der Waals surface area contributed by atoms with Gasteiger partial charge in [-0.25, -0.2) is 4.39 Å². The molecule has 6 heteroatoms. The van der Waals surface area contributed by atoms with E-state index < -0.39 is 0 Å². The molecule has 0 radical (unpaired) electrons. The van der Waals surface area contributed by atoms with Crippen LogP contribution in [0, 0.1) is 5.82 Å². The van der Waals surface area contributed by atoms with E-state index in [2.05, 4.69) is 15.5 Å². The summed E-state index contributed by atoms with van der Waals surface area (Å²) in [6, 6.07) is 6.50. The first kappa shape index (κ1) is 15.0. The number of halogens is 1. The molecule has 0 spiro atoms. The molecule has 2 aromatic rings. The van der Waals surface area contributed by atoms with Gasteiger partial charge >= 0.3 is 0 Å². The van der Waals surface area contributed by atoms with Gasteiger partial charge in [-0.3, -0.25) is 9.89 Å². The van der Waals surface area contributed by atoms with Gasteiger partial charge in [0.25, 0.3) is 5.91 Å². The average molecular weight is 290 g/mol. The number of anilines is 1.